The topological polar surface area (TPSA) is 114 Å². The predicted octanol–water partition coefficient (Wildman–Crippen LogP) is 1.19. The number of methoxy groups -OCH3 is 1. The lowest BCUT2D eigenvalue weighted by Gasteiger charge is -2.32. The van der Waals surface area contributed by atoms with Crippen LogP contribution in [0.15, 0.2) is 18.2 Å². The minimum Gasteiger partial charge on any atom is -0.493 e. The van der Waals surface area contributed by atoms with Crippen LogP contribution < -0.4 is 20.1 Å². The molecule has 8 heteroatoms. The summed E-state index contributed by atoms with van der Waals surface area (Å²) in [7, 11) is 1.45. The molecule has 8 nitrogen and oxygen atoms in total. The van der Waals surface area contributed by atoms with Crippen LogP contribution in [0.1, 0.15) is 37.0 Å². The predicted molar refractivity (Wildman–Crippen MR) is 93.4 cm³/mol. The third kappa shape index (κ3) is 5.11. The zero-order valence-corrected chi connectivity index (χ0v) is 15.1. The Labute approximate surface area is 151 Å². The number of hydrogen-bond donors (Lipinski definition) is 3. The second-order valence-electron chi connectivity index (χ2n) is 6.55. The smallest absolute Gasteiger partial charge is 0.306 e. The fraction of sp³-hybridized carbons (Fsp3) is 0.500. The first kappa shape index (κ1) is 19.6. The van der Waals surface area contributed by atoms with Gasteiger partial charge in [0.15, 0.2) is 18.1 Å². The average molecular weight is 364 g/mol. The zero-order valence-electron chi connectivity index (χ0n) is 15.1. The minimum atomic E-state index is -0.833. The van der Waals surface area contributed by atoms with Crippen molar-refractivity contribution in [2.75, 3.05) is 13.7 Å². The number of carbonyl (C=O) groups is 3. The molecule has 26 heavy (non-hydrogen) atoms. The second-order valence-corrected chi connectivity index (χ2v) is 6.55. The van der Waals surface area contributed by atoms with E-state index in [4.69, 9.17) is 14.6 Å². The van der Waals surface area contributed by atoms with Gasteiger partial charge in [0.1, 0.15) is 0 Å². The highest BCUT2D eigenvalue weighted by Crippen LogP contribution is 2.30. The molecule has 2 amide bonds. The van der Waals surface area contributed by atoms with Gasteiger partial charge in [-0.15, -0.1) is 0 Å². The van der Waals surface area contributed by atoms with E-state index in [0.717, 1.165) is 0 Å². The van der Waals surface area contributed by atoms with Gasteiger partial charge < -0.3 is 25.2 Å². The lowest BCUT2D eigenvalue weighted by atomic mass is 9.80. The molecule has 1 aliphatic rings. The summed E-state index contributed by atoms with van der Waals surface area (Å²) in [5.74, 6) is -1.07. The molecule has 1 aliphatic carbocycles. The van der Waals surface area contributed by atoms with Crippen molar-refractivity contribution in [3.8, 4) is 11.5 Å². The van der Waals surface area contributed by atoms with Crippen molar-refractivity contribution in [2.45, 2.75) is 38.8 Å². The minimum absolute atomic E-state index is 0.0197. The molecule has 2 rings (SSSR count). The number of rotatable bonds is 8. The van der Waals surface area contributed by atoms with E-state index in [1.54, 1.807) is 12.1 Å². The molecular weight excluding hydrogens is 340 g/mol. The van der Waals surface area contributed by atoms with Crippen LogP contribution in [0, 0.1) is 5.92 Å². The van der Waals surface area contributed by atoms with Gasteiger partial charge in [0.2, 0.25) is 0 Å². The average Bonchev–Trinajstić information content (AvgIpc) is 2.54. The van der Waals surface area contributed by atoms with E-state index in [2.05, 4.69) is 10.6 Å². The van der Waals surface area contributed by atoms with Crippen LogP contribution in [0.4, 0.5) is 0 Å². The zero-order chi connectivity index (χ0) is 19.3. The van der Waals surface area contributed by atoms with Gasteiger partial charge in [-0.05, 0) is 44.9 Å². The number of hydrogen-bond acceptors (Lipinski definition) is 5. The highest BCUT2D eigenvalue weighted by molar-refractivity contribution is 5.95. The Kier molecular flexibility index (Phi) is 6.43. The Bertz CT molecular complexity index is 682. The number of ether oxygens (including phenoxy) is 2. The van der Waals surface area contributed by atoms with Gasteiger partial charge in [-0.25, -0.2) is 0 Å². The van der Waals surface area contributed by atoms with Crippen molar-refractivity contribution in [2.24, 2.45) is 5.92 Å². The van der Waals surface area contributed by atoms with Crippen LogP contribution >= 0.6 is 0 Å². The van der Waals surface area contributed by atoms with Crippen LogP contribution in [-0.2, 0) is 9.59 Å². The maximum atomic E-state index is 12.3. The summed E-state index contributed by atoms with van der Waals surface area (Å²) in [5, 5.41) is 14.4. The first-order valence-electron chi connectivity index (χ1n) is 8.44. The number of carboxylic acid groups (broad SMARTS) is 1. The number of carbonyl (C=O) groups excluding carboxylic acids is 2. The molecule has 3 N–H and O–H groups in total. The molecule has 1 saturated carbocycles. The quantitative estimate of drug-likeness (QED) is 0.638. The molecular formula is C18H24N2O6. The van der Waals surface area contributed by atoms with Crippen molar-refractivity contribution in [1.82, 2.24) is 10.6 Å². The molecule has 1 aromatic rings. The van der Waals surface area contributed by atoms with Crippen LogP contribution in [0.5, 0.6) is 11.5 Å². The number of benzene rings is 1. The van der Waals surface area contributed by atoms with E-state index >= 15 is 0 Å². The standard InChI is InChI=1S/C18H24N2O6/c1-10(2)19-16(21)9-26-14-5-4-11(8-15(14)25-3)17(22)20-13-6-12(7-13)18(23)24/h4-5,8,10,12-13H,6-7,9H2,1-3H3,(H,19,21)(H,20,22)(H,23,24). The van der Waals surface area contributed by atoms with Crippen molar-refractivity contribution < 1.29 is 29.0 Å². The Hall–Kier alpha value is -2.77. The van der Waals surface area contributed by atoms with E-state index in [0.29, 0.717) is 29.9 Å². The number of aliphatic carboxylic acids is 1. The molecule has 0 heterocycles. The number of carboxylic acids is 1. The van der Waals surface area contributed by atoms with E-state index in [1.807, 2.05) is 13.8 Å². The number of nitrogens with one attached hydrogen (secondary N) is 2. The Morgan fingerprint density at radius 1 is 1.23 bits per heavy atom. The lowest BCUT2D eigenvalue weighted by Crippen LogP contribution is -2.46. The van der Waals surface area contributed by atoms with Crippen LogP contribution in [-0.4, -0.2) is 48.7 Å². The Balaban J connectivity index is 1.93. The molecule has 0 aromatic heterocycles. The van der Waals surface area contributed by atoms with Crippen molar-refractivity contribution in [3.05, 3.63) is 23.8 Å². The highest BCUT2D eigenvalue weighted by atomic mass is 16.5. The molecule has 0 bridgehead atoms. The summed E-state index contributed by atoms with van der Waals surface area (Å²) in [6.45, 7) is 3.55. The van der Waals surface area contributed by atoms with Crippen LogP contribution in [0.3, 0.4) is 0 Å². The summed E-state index contributed by atoms with van der Waals surface area (Å²) in [6.07, 6.45) is 0.870. The van der Waals surface area contributed by atoms with Gasteiger partial charge in [-0.2, -0.15) is 0 Å². The summed E-state index contributed by atoms with van der Waals surface area (Å²) < 4.78 is 10.7. The van der Waals surface area contributed by atoms with Crippen molar-refractivity contribution >= 4 is 17.8 Å². The summed E-state index contributed by atoms with van der Waals surface area (Å²) >= 11 is 0. The third-order valence-corrected chi connectivity index (χ3v) is 4.06. The largest absolute Gasteiger partial charge is 0.493 e. The molecule has 0 saturated heterocycles. The van der Waals surface area contributed by atoms with E-state index in [1.165, 1.54) is 13.2 Å². The SMILES string of the molecule is COc1cc(C(=O)NC2CC(C(=O)O)C2)ccc1OCC(=O)NC(C)C. The maximum absolute atomic E-state index is 12.3. The molecule has 0 atom stereocenters. The third-order valence-electron chi connectivity index (χ3n) is 4.06. The summed E-state index contributed by atoms with van der Waals surface area (Å²) in [6, 6.07) is 4.55. The first-order valence-corrected chi connectivity index (χ1v) is 8.44. The van der Waals surface area contributed by atoms with Gasteiger partial charge in [0, 0.05) is 17.6 Å². The first-order chi connectivity index (χ1) is 12.3. The van der Waals surface area contributed by atoms with Gasteiger partial charge in [-0.1, -0.05) is 0 Å². The maximum Gasteiger partial charge on any atom is 0.306 e. The summed E-state index contributed by atoms with van der Waals surface area (Å²) in [4.78, 5) is 34.7. The van der Waals surface area contributed by atoms with Gasteiger partial charge in [0.25, 0.3) is 11.8 Å². The van der Waals surface area contributed by atoms with Crippen LogP contribution in [0.25, 0.3) is 0 Å². The van der Waals surface area contributed by atoms with Crippen LogP contribution in [0.2, 0.25) is 0 Å². The lowest BCUT2D eigenvalue weighted by molar-refractivity contribution is -0.145. The van der Waals surface area contributed by atoms with Gasteiger partial charge in [-0.3, -0.25) is 14.4 Å². The van der Waals surface area contributed by atoms with E-state index in [-0.39, 0.29) is 36.4 Å². The monoisotopic (exact) mass is 364 g/mol. The van der Waals surface area contributed by atoms with Crippen molar-refractivity contribution in [3.63, 3.8) is 0 Å². The molecule has 0 aliphatic heterocycles. The fourth-order valence-electron chi connectivity index (χ4n) is 2.64. The number of amides is 2. The van der Waals surface area contributed by atoms with E-state index < -0.39 is 5.97 Å². The molecule has 1 aromatic carbocycles. The Morgan fingerprint density at radius 3 is 2.50 bits per heavy atom. The Morgan fingerprint density at radius 2 is 1.92 bits per heavy atom. The normalized spacial score (nSPS) is 18.6. The van der Waals surface area contributed by atoms with Crippen molar-refractivity contribution in [1.29, 1.82) is 0 Å². The highest BCUT2D eigenvalue weighted by Gasteiger charge is 2.35. The van der Waals surface area contributed by atoms with Gasteiger partial charge >= 0.3 is 5.97 Å². The fourth-order valence-corrected chi connectivity index (χ4v) is 2.64. The molecule has 0 spiro atoms. The van der Waals surface area contributed by atoms with Gasteiger partial charge in [0.05, 0.1) is 13.0 Å². The van der Waals surface area contributed by atoms with E-state index in [9.17, 15) is 14.4 Å². The molecule has 0 radical (unpaired) electrons. The molecule has 0 unspecified atom stereocenters. The molecule has 142 valence electrons. The summed E-state index contributed by atoms with van der Waals surface area (Å²) in [5.41, 5.74) is 0.375. The second kappa shape index (κ2) is 8.55. The molecule has 1 fully saturated rings.